The monoisotopic (exact) mass is 1550 g/mol. The van der Waals surface area contributed by atoms with E-state index in [0.29, 0.717) is 26.0 Å². The van der Waals surface area contributed by atoms with Gasteiger partial charge in [-0.3, -0.25) is 33.5 Å². The average molecular weight is 1560 g/mol. The third-order valence-corrected chi connectivity index (χ3v) is 20.1. The number of carbonyl (C=O) groups excluding carboxylic acids is 3. The molecule has 0 unspecified atom stereocenters. The van der Waals surface area contributed by atoms with E-state index in [1.807, 2.05) is 53.7 Å². The first-order valence-electron chi connectivity index (χ1n) is 29.0. The number of hydrogen-bond acceptors (Lipinski definition) is 17. The van der Waals surface area contributed by atoms with Gasteiger partial charge >= 0.3 is 0 Å². The number of sulfonamides is 3. The van der Waals surface area contributed by atoms with E-state index in [1.54, 1.807) is 48.5 Å². The molecule has 518 valence electrons. The molecule has 0 aliphatic heterocycles. The molecule has 9 rings (SSSR count). The number of ether oxygens (including phenoxy) is 1. The van der Waals surface area contributed by atoms with Crippen molar-refractivity contribution in [1.82, 2.24) is 35.0 Å². The number of nitrogens with one attached hydrogen (secondary N) is 3. The molecular weight excluding hydrogens is 1490 g/mol. The van der Waals surface area contributed by atoms with Crippen LogP contribution >= 0.6 is 73.9 Å². The molecule has 0 aliphatic carbocycles. The third kappa shape index (κ3) is 21.6. The lowest BCUT2D eigenvalue weighted by Gasteiger charge is -2.25. The quantitative estimate of drug-likeness (QED) is 0.0330. The van der Waals surface area contributed by atoms with Crippen molar-refractivity contribution < 1.29 is 49.2 Å². The predicted molar refractivity (Wildman–Crippen MR) is 386 cm³/mol. The highest BCUT2D eigenvalue weighted by molar-refractivity contribution is 9.10. The Bertz CT molecular complexity index is 4720. The van der Waals surface area contributed by atoms with Crippen LogP contribution in [0.3, 0.4) is 0 Å². The Morgan fingerprint density at radius 2 is 0.898 bits per heavy atom. The van der Waals surface area contributed by atoms with Crippen LogP contribution in [0, 0.1) is 0 Å². The zero-order valence-corrected chi connectivity index (χ0v) is 62.6. The molecule has 98 heavy (non-hydrogen) atoms. The average Bonchev–Trinajstić information content (AvgIpc) is 0.786. The second kappa shape index (κ2) is 33.4. The second-order valence-corrected chi connectivity index (χ2v) is 32.3. The molecule has 0 atom stereocenters. The fourth-order valence-electron chi connectivity index (χ4n) is 8.40. The summed E-state index contributed by atoms with van der Waals surface area (Å²) in [5, 5.41) is 2.38. The maximum Gasteiger partial charge on any atom is 0.278 e. The van der Waals surface area contributed by atoms with Crippen LogP contribution in [-0.2, 0) is 55.9 Å². The SMILES string of the molecule is CC(C)(C)c1ccc(S(=O)(=O)Nc2cc(Cl)cnc2C(=O)c2ccc(=O)[nH]c2)cc1.CC(C)(C)c1ccc(S(=O)(=O)Nc2cc(Cl)cnc2C(=O)c2ccc(Cl)nc2)cc1.COCN(c1cc(Cl)cnc1Br)S(=O)(=O)c1ccc(C(C)(C)C)cc1.CON(C)C(=O)c1ccc(Cl)nc1. The Labute approximate surface area is 602 Å². The molecule has 0 fully saturated rings. The van der Waals surface area contributed by atoms with Crippen LogP contribution in [0.1, 0.15) is 121 Å². The Morgan fingerprint density at radius 3 is 1.28 bits per heavy atom. The van der Waals surface area contributed by atoms with E-state index >= 15 is 0 Å². The minimum absolute atomic E-state index is 0.0256. The van der Waals surface area contributed by atoms with E-state index in [4.69, 9.17) is 67.6 Å². The normalized spacial score (nSPS) is 11.7. The minimum atomic E-state index is -4.00. The van der Waals surface area contributed by atoms with E-state index in [1.165, 1.54) is 125 Å². The highest BCUT2D eigenvalue weighted by Gasteiger charge is 2.29. The molecule has 0 saturated carbocycles. The summed E-state index contributed by atoms with van der Waals surface area (Å²) in [5.41, 5.74) is 3.17. The van der Waals surface area contributed by atoms with E-state index in [0.717, 1.165) is 26.1 Å². The number of benzene rings is 3. The van der Waals surface area contributed by atoms with Crippen molar-refractivity contribution in [2.24, 2.45) is 0 Å². The Hall–Kier alpha value is -7.73. The predicted octanol–water partition coefficient (Wildman–Crippen LogP) is 14.8. The lowest BCUT2D eigenvalue weighted by Crippen LogP contribution is -2.33. The summed E-state index contributed by atoms with van der Waals surface area (Å²) in [7, 11) is -7.44. The number of hydroxylamine groups is 2. The topological polar surface area (TPSA) is 300 Å². The van der Waals surface area contributed by atoms with Crippen LogP contribution in [0.5, 0.6) is 0 Å². The first-order valence-corrected chi connectivity index (χ1v) is 36.1. The number of pyridine rings is 6. The summed E-state index contributed by atoms with van der Waals surface area (Å²) in [6.07, 6.45) is 7.89. The summed E-state index contributed by atoms with van der Waals surface area (Å²) in [4.78, 5) is 75.4. The molecule has 3 aromatic carbocycles. The lowest BCUT2D eigenvalue weighted by atomic mass is 9.87. The molecule has 0 spiro atoms. The molecular formula is C67H68BrCl5N10O12S3. The van der Waals surface area contributed by atoms with Crippen molar-refractivity contribution in [3.05, 3.63) is 250 Å². The molecule has 0 aliphatic rings. The van der Waals surface area contributed by atoms with Crippen molar-refractivity contribution in [2.75, 3.05) is 41.7 Å². The number of ketones is 2. The number of aromatic amines is 1. The van der Waals surface area contributed by atoms with E-state index in [2.05, 4.69) is 76.0 Å². The van der Waals surface area contributed by atoms with Crippen LogP contribution in [0.25, 0.3) is 0 Å². The summed E-state index contributed by atoms with van der Waals surface area (Å²) in [6.45, 7) is 18.3. The number of methoxy groups -OCH3 is 1. The van der Waals surface area contributed by atoms with Gasteiger partial charge < -0.3 is 9.72 Å². The number of halogens is 6. The molecule has 6 aromatic heterocycles. The zero-order valence-electron chi connectivity index (χ0n) is 54.8. The van der Waals surface area contributed by atoms with Crippen LogP contribution in [0.15, 0.2) is 189 Å². The van der Waals surface area contributed by atoms with Gasteiger partial charge in [0.05, 0.1) is 59.5 Å². The standard InChI is InChI=1S/C21H19Cl2N3O3S.C21H20ClN3O4S.C17H20BrClN2O3S.C8H9ClN2O2/c1-21(2,3)14-5-7-16(8-6-14)30(28,29)26-17-10-15(22)12-25-19(17)20(27)13-4-9-18(23)24-11-13;1-21(2,3)14-5-7-16(8-6-14)30(28,29)25-17-10-15(22)12-24-19(17)20(27)13-4-9-18(26)23-11-13;1-17(2,3)12-5-7-14(8-6-12)25(22,23)21(11-24-4)15-9-13(19)10-20-16(15)18;1-11(13-2)8(12)6-3-4-7(9)10-5-6/h4-12,26H,1-3H3;4-12,25H,1-3H3,(H,23,26);5-10H,11H2,1-4H3;3-5H,1-2H3. The van der Waals surface area contributed by atoms with Gasteiger partial charge in [-0.25, -0.2) is 59.5 Å². The highest BCUT2D eigenvalue weighted by atomic mass is 79.9. The number of carbonyl (C=O) groups is 3. The number of anilines is 3. The zero-order chi connectivity index (χ0) is 72.9. The molecule has 22 nitrogen and oxygen atoms in total. The van der Waals surface area contributed by atoms with Crippen LogP contribution < -0.4 is 19.3 Å². The maximum atomic E-state index is 13.1. The summed E-state index contributed by atoms with van der Waals surface area (Å²) < 4.78 is 89.2. The van der Waals surface area contributed by atoms with Crippen molar-refractivity contribution in [3.8, 4) is 0 Å². The van der Waals surface area contributed by atoms with E-state index < -0.39 is 41.6 Å². The van der Waals surface area contributed by atoms with Crippen LogP contribution in [0.4, 0.5) is 17.1 Å². The van der Waals surface area contributed by atoms with Gasteiger partial charge in [-0.1, -0.05) is 157 Å². The van der Waals surface area contributed by atoms with Crippen molar-refractivity contribution in [1.29, 1.82) is 0 Å². The smallest absolute Gasteiger partial charge is 0.278 e. The number of rotatable bonds is 17. The van der Waals surface area contributed by atoms with E-state index in [-0.39, 0.29) is 98.2 Å². The van der Waals surface area contributed by atoms with Crippen molar-refractivity contribution in [3.63, 3.8) is 0 Å². The van der Waals surface area contributed by atoms with Gasteiger partial charge in [0.25, 0.3) is 36.0 Å². The molecule has 0 radical (unpaired) electrons. The first-order chi connectivity index (χ1) is 45.7. The van der Waals surface area contributed by atoms with Gasteiger partial charge in [0.1, 0.15) is 33.0 Å². The third-order valence-electron chi connectivity index (χ3n) is 13.9. The van der Waals surface area contributed by atoms with Crippen molar-refractivity contribution in [2.45, 2.75) is 93.2 Å². The largest absolute Gasteiger partial charge is 0.363 e. The van der Waals surface area contributed by atoms with Gasteiger partial charge in [0.15, 0.2) is 0 Å². The summed E-state index contributed by atoms with van der Waals surface area (Å²) in [5.74, 6) is -1.34. The van der Waals surface area contributed by atoms with Crippen molar-refractivity contribution >= 4 is 139 Å². The molecule has 9 aromatic rings. The number of nitrogens with zero attached hydrogens (tertiary/aromatic N) is 7. The van der Waals surface area contributed by atoms with Gasteiger partial charge in [-0.15, -0.1) is 0 Å². The molecule has 31 heteroatoms. The Morgan fingerprint density at radius 1 is 0.510 bits per heavy atom. The molecule has 6 heterocycles. The maximum absolute atomic E-state index is 13.1. The molecule has 0 bridgehead atoms. The van der Waals surface area contributed by atoms with Gasteiger partial charge in [-0.05, 0) is 134 Å². The minimum Gasteiger partial charge on any atom is -0.363 e. The fraction of sp³-hybridized carbons (Fsp3) is 0.239. The summed E-state index contributed by atoms with van der Waals surface area (Å²) in [6, 6.07) is 32.7. The Kier molecular flexibility index (Phi) is 27.0. The van der Waals surface area contributed by atoms with E-state index in [9.17, 15) is 44.4 Å². The van der Waals surface area contributed by atoms with Gasteiger partial charge in [0, 0.05) is 68.5 Å². The number of hydrogen-bond donors (Lipinski definition) is 3. The lowest BCUT2D eigenvalue weighted by molar-refractivity contribution is -0.0757. The highest BCUT2D eigenvalue weighted by Crippen LogP contribution is 2.34. The molecule has 1 amide bonds. The first kappa shape index (κ1) is 79.3. The van der Waals surface area contributed by atoms with Gasteiger partial charge in [0.2, 0.25) is 17.1 Å². The molecule has 3 N–H and O–H groups in total. The van der Waals surface area contributed by atoms with Crippen LogP contribution in [-0.4, -0.2) is 106 Å². The number of H-pyrrole nitrogens is 1. The van der Waals surface area contributed by atoms with Crippen LogP contribution in [0.2, 0.25) is 25.4 Å². The number of amides is 1. The summed E-state index contributed by atoms with van der Waals surface area (Å²) >= 11 is 32.6. The second-order valence-electron chi connectivity index (χ2n) is 24.2. The van der Waals surface area contributed by atoms with Gasteiger partial charge in [-0.2, -0.15) is 0 Å². The number of aromatic nitrogens is 6. The molecule has 0 saturated heterocycles. The Balaban J connectivity index is 0.000000213. The fourth-order valence-corrected chi connectivity index (χ4v) is 13.1.